The number of H-pyrrole nitrogens is 1. The minimum absolute atomic E-state index is 0.973. The first-order valence-electron chi connectivity index (χ1n) is 3.23. The molecule has 2 heterocycles. The number of nitrogens with zero attached hydrogens (tertiary/aromatic N) is 2. The Hall–Kier alpha value is -0.650. The van der Waals surface area contributed by atoms with E-state index in [1.165, 1.54) is 5.56 Å². The zero-order valence-electron chi connectivity index (χ0n) is 5.93. The molecule has 2 rings (SSSR count). The second-order valence-corrected chi connectivity index (χ2v) is 3.38. The molecule has 0 atom stereocenters. The largest absolute Gasteiger partial charge is 0.357 e. The van der Waals surface area contributed by atoms with Crippen molar-refractivity contribution >= 4 is 33.6 Å². The van der Waals surface area contributed by atoms with Gasteiger partial charge in [-0.25, -0.2) is 9.97 Å². The highest BCUT2D eigenvalue weighted by Crippen LogP contribution is 2.17. The van der Waals surface area contributed by atoms with Gasteiger partial charge >= 0.3 is 0 Å². The van der Waals surface area contributed by atoms with Crippen LogP contribution in [0.15, 0.2) is 12.5 Å². The first kappa shape index (κ1) is 7.02. The van der Waals surface area contributed by atoms with Gasteiger partial charge in [-0.05, 0) is 35.1 Å². The molecule has 0 amide bonds. The number of aromatic amines is 1. The second-order valence-electron chi connectivity index (χ2n) is 2.36. The molecular formula is C7H6IN3. The van der Waals surface area contributed by atoms with Crippen LogP contribution < -0.4 is 0 Å². The van der Waals surface area contributed by atoms with Gasteiger partial charge in [-0.2, -0.15) is 0 Å². The van der Waals surface area contributed by atoms with Crippen LogP contribution in [0.5, 0.6) is 0 Å². The maximum Gasteiger partial charge on any atom is 0.128 e. The molecule has 0 fully saturated rings. The number of hydrogen-bond acceptors (Lipinski definition) is 2. The molecular weight excluding hydrogens is 253 g/mol. The van der Waals surface area contributed by atoms with Gasteiger partial charge in [-0.3, -0.25) is 0 Å². The van der Waals surface area contributed by atoms with Crippen LogP contribution in [-0.4, -0.2) is 15.0 Å². The lowest BCUT2D eigenvalue weighted by molar-refractivity contribution is 1.18. The third-order valence-corrected chi connectivity index (χ3v) is 2.43. The fourth-order valence-electron chi connectivity index (χ4n) is 1.04. The van der Waals surface area contributed by atoms with Gasteiger partial charge < -0.3 is 4.98 Å². The summed E-state index contributed by atoms with van der Waals surface area (Å²) in [5.74, 6) is 0. The maximum atomic E-state index is 4.15. The molecule has 0 spiro atoms. The van der Waals surface area contributed by atoms with E-state index in [0.717, 1.165) is 14.7 Å². The number of hydrogen-bond donors (Lipinski definition) is 1. The molecule has 2 aromatic heterocycles. The van der Waals surface area contributed by atoms with Crippen LogP contribution in [0.4, 0.5) is 0 Å². The van der Waals surface area contributed by atoms with E-state index in [0.29, 0.717) is 0 Å². The van der Waals surface area contributed by atoms with Crippen LogP contribution >= 0.6 is 22.6 Å². The fraction of sp³-hybridized carbons (Fsp3) is 0.143. The molecule has 0 aromatic carbocycles. The number of rotatable bonds is 0. The fourth-order valence-corrected chi connectivity index (χ4v) is 1.58. The van der Waals surface area contributed by atoms with Crippen molar-refractivity contribution in [2.75, 3.05) is 0 Å². The summed E-state index contributed by atoms with van der Waals surface area (Å²) in [7, 11) is 0. The zero-order valence-corrected chi connectivity index (χ0v) is 8.08. The summed E-state index contributed by atoms with van der Waals surface area (Å²) in [5.41, 5.74) is 3.22. The van der Waals surface area contributed by atoms with Crippen molar-refractivity contribution in [2.45, 2.75) is 6.92 Å². The topological polar surface area (TPSA) is 41.6 Å². The predicted molar refractivity (Wildman–Crippen MR) is 51.3 cm³/mol. The van der Waals surface area contributed by atoms with Crippen molar-refractivity contribution in [2.24, 2.45) is 0 Å². The molecule has 0 bridgehead atoms. The Balaban J connectivity index is 2.94. The number of aryl methyl sites for hydroxylation is 1. The number of halogens is 1. The van der Waals surface area contributed by atoms with Crippen LogP contribution in [0.25, 0.3) is 11.0 Å². The van der Waals surface area contributed by atoms with Gasteiger partial charge in [0.25, 0.3) is 0 Å². The smallest absolute Gasteiger partial charge is 0.128 e. The van der Waals surface area contributed by atoms with Gasteiger partial charge in [0.15, 0.2) is 0 Å². The molecule has 0 unspecified atom stereocenters. The molecule has 11 heavy (non-hydrogen) atoms. The van der Waals surface area contributed by atoms with Crippen LogP contribution in [0.2, 0.25) is 0 Å². The third kappa shape index (κ3) is 1.01. The lowest BCUT2D eigenvalue weighted by atomic mass is 10.3. The van der Waals surface area contributed by atoms with Gasteiger partial charge in [0.1, 0.15) is 10.0 Å². The van der Waals surface area contributed by atoms with E-state index >= 15 is 0 Å². The summed E-state index contributed by atoms with van der Waals surface area (Å²) in [6.45, 7) is 2.03. The number of aromatic nitrogens is 3. The average Bonchev–Trinajstić information content (AvgIpc) is 2.35. The Morgan fingerprint density at radius 1 is 1.45 bits per heavy atom. The molecule has 1 N–H and O–H groups in total. The zero-order chi connectivity index (χ0) is 7.84. The Morgan fingerprint density at radius 3 is 3.00 bits per heavy atom. The summed E-state index contributed by atoms with van der Waals surface area (Å²) in [6, 6.07) is 0. The van der Waals surface area contributed by atoms with Gasteiger partial charge in [-0.15, -0.1) is 0 Å². The van der Waals surface area contributed by atoms with E-state index in [9.17, 15) is 0 Å². The SMILES string of the molecule is Cc1c[nH]c2c(I)ncnc12. The van der Waals surface area contributed by atoms with Gasteiger partial charge in [0, 0.05) is 6.20 Å². The molecule has 3 nitrogen and oxygen atoms in total. The van der Waals surface area contributed by atoms with Crippen LogP contribution in [-0.2, 0) is 0 Å². The summed E-state index contributed by atoms with van der Waals surface area (Å²) in [5, 5.41) is 0. The Bertz CT molecular complexity index is 393. The highest BCUT2D eigenvalue weighted by molar-refractivity contribution is 14.1. The van der Waals surface area contributed by atoms with E-state index in [-0.39, 0.29) is 0 Å². The number of fused-ring (bicyclic) bond motifs is 1. The Kier molecular flexibility index (Phi) is 1.56. The first-order valence-corrected chi connectivity index (χ1v) is 4.31. The molecule has 0 saturated heterocycles. The van der Waals surface area contributed by atoms with Crippen molar-refractivity contribution < 1.29 is 0 Å². The quantitative estimate of drug-likeness (QED) is 0.579. The molecule has 0 saturated carbocycles. The first-order chi connectivity index (χ1) is 5.29. The molecule has 4 heteroatoms. The van der Waals surface area contributed by atoms with Crippen LogP contribution in [0, 0.1) is 10.6 Å². The standard InChI is InChI=1S/C7H6IN3/c1-4-2-9-6-5(4)10-3-11-7(6)8/h2-3,9H,1H3. The van der Waals surface area contributed by atoms with E-state index in [1.807, 2.05) is 13.1 Å². The lowest BCUT2D eigenvalue weighted by Gasteiger charge is -1.90. The minimum Gasteiger partial charge on any atom is -0.357 e. The average molecular weight is 259 g/mol. The normalized spacial score (nSPS) is 10.7. The lowest BCUT2D eigenvalue weighted by Crippen LogP contribution is -1.84. The Labute approximate surface area is 77.4 Å². The van der Waals surface area contributed by atoms with Gasteiger partial charge in [0.05, 0.1) is 11.0 Å². The van der Waals surface area contributed by atoms with Gasteiger partial charge in [0.2, 0.25) is 0 Å². The van der Waals surface area contributed by atoms with E-state index in [1.54, 1.807) is 6.33 Å². The molecule has 0 aliphatic carbocycles. The van der Waals surface area contributed by atoms with Crippen LogP contribution in [0.1, 0.15) is 5.56 Å². The summed E-state index contributed by atoms with van der Waals surface area (Å²) in [4.78, 5) is 11.3. The molecule has 0 radical (unpaired) electrons. The summed E-state index contributed by atoms with van der Waals surface area (Å²) < 4.78 is 0.973. The number of nitrogens with one attached hydrogen (secondary N) is 1. The highest BCUT2D eigenvalue weighted by atomic mass is 127. The van der Waals surface area contributed by atoms with E-state index < -0.39 is 0 Å². The summed E-state index contributed by atoms with van der Waals surface area (Å²) in [6.07, 6.45) is 3.53. The maximum absolute atomic E-state index is 4.15. The predicted octanol–water partition coefficient (Wildman–Crippen LogP) is 1.87. The van der Waals surface area contributed by atoms with Gasteiger partial charge in [-0.1, -0.05) is 0 Å². The van der Waals surface area contributed by atoms with E-state index in [2.05, 4.69) is 37.5 Å². The monoisotopic (exact) mass is 259 g/mol. The molecule has 0 aliphatic rings. The Morgan fingerprint density at radius 2 is 2.27 bits per heavy atom. The highest BCUT2D eigenvalue weighted by Gasteiger charge is 2.03. The molecule has 2 aromatic rings. The van der Waals surface area contributed by atoms with Crippen molar-refractivity contribution in [3.05, 3.63) is 21.8 Å². The van der Waals surface area contributed by atoms with Crippen molar-refractivity contribution in [3.8, 4) is 0 Å². The van der Waals surface area contributed by atoms with Crippen molar-refractivity contribution in [3.63, 3.8) is 0 Å². The second kappa shape index (κ2) is 2.44. The third-order valence-electron chi connectivity index (χ3n) is 1.61. The summed E-state index contributed by atoms with van der Waals surface area (Å²) >= 11 is 2.19. The molecule has 0 aliphatic heterocycles. The van der Waals surface area contributed by atoms with Crippen LogP contribution in [0.3, 0.4) is 0 Å². The van der Waals surface area contributed by atoms with Crippen molar-refractivity contribution in [1.29, 1.82) is 0 Å². The van der Waals surface area contributed by atoms with E-state index in [4.69, 9.17) is 0 Å². The van der Waals surface area contributed by atoms with Crippen molar-refractivity contribution in [1.82, 2.24) is 15.0 Å². The minimum atomic E-state index is 0.973. The molecule has 56 valence electrons.